The molecule has 0 aliphatic heterocycles. The van der Waals surface area contributed by atoms with Crippen LogP contribution in [-0.4, -0.2) is 19.6 Å². The summed E-state index contributed by atoms with van der Waals surface area (Å²) in [7, 11) is 0. The van der Waals surface area contributed by atoms with Gasteiger partial charge < -0.3 is 4.42 Å². The first-order chi connectivity index (χ1) is 13.3. The van der Waals surface area contributed by atoms with Crippen LogP contribution in [0.15, 0.2) is 76.2 Å². The summed E-state index contributed by atoms with van der Waals surface area (Å²) < 4.78 is 7.70. The third-order valence-corrected chi connectivity index (χ3v) is 5.04. The Bertz CT molecular complexity index is 1340. The van der Waals surface area contributed by atoms with Crippen molar-refractivity contribution in [1.82, 2.24) is 19.6 Å². The smallest absolute Gasteiger partial charge is 0.291 e. The van der Waals surface area contributed by atoms with E-state index in [1.807, 2.05) is 54.6 Å². The molecule has 1 aromatic carbocycles. The van der Waals surface area contributed by atoms with E-state index < -0.39 is 0 Å². The topological polar surface area (TPSA) is 73.3 Å². The molecular weight excluding hydrogens is 360 g/mol. The Labute approximate surface area is 157 Å². The zero-order chi connectivity index (χ0) is 18.2. The molecule has 27 heavy (non-hydrogen) atoms. The van der Waals surface area contributed by atoms with Crippen molar-refractivity contribution in [3.63, 3.8) is 0 Å². The van der Waals surface area contributed by atoms with Crippen molar-refractivity contribution in [1.29, 1.82) is 0 Å². The van der Waals surface area contributed by atoms with Gasteiger partial charge in [-0.1, -0.05) is 41.7 Å². The summed E-state index contributed by atoms with van der Waals surface area (Å²) in [6.45, 7) is 0. The Morgan fingerprint density at radius 2 is 1.78 bits per heavy atom. The fourth-order valence-electron chi connectivity index (χ4n) is 2.77. The molecule has 0 fully saturated rings. The molecule has 0 N–H and O–H groups in total. The highest BCUT2D eigenvalue weighted by molar-refractivity contribution is 7.15. The van der Waals surface area contributed by atoms with E-state index in [0.29, 0.717) is 21.1 Å². The number of benzene rings is 1. The molecule has 4 heterocycles. The second-order valence-electron chi connectivity index (χ2n) is 5.85. The molecule has 6 nitrogen and oxygen atoms in total. The Morgan fingerprint density at radius 1 is 0.963 bits per heavy atom. The summed E-state index contributed by atoms with van der Waals surface area (Å²) in [6, 6.07) is 17.2. The predicted molar refractivity (Wildman–Crippen MR) is 103 cm³/mol. The molecule has 0 aliphatic rings. The van der Waals surface area contributed by atoms with Crippen molar-refractivity contribution in [3.8, 4) is 22.7 Å². The Hall–Kier alpha value is -3.58. The molecule has 0 unspecified atom stereocenters. The van der Waals surface area contributed by atoms with Gasteiger partial charge in [0.2, 0.25) is 4.96 Å². The van der Waals surface area contributed by atoms with E-state index in [1.54, 1.807) is 18.5 Å². The maximum Gasteiger partial charge on any atom is 0.291 e. The Balaban J connectivity index is 1.54. The van der Waals surface area contributed by atoms with Gasteiger partial charge in [-0.2, -0.15) is 9.50 Å². The minimum atomic E-state index is -0.208. The second kappa shape index (κ2) is 6.30. The van der Waals surface area contributed by atoms with E-state index in [2.05, 4.69) is 15.1 Å². The van der Waals surface area contributed by atoms with Gasteiger partial charge in [-0.15, -0.1) is 5.10 Å². The number of rotatable bonds is 3. The molecule has 0 amide bonds. The Kier molecular flexibility index (Phi) is 3.65. The molecule has 0 spiro atoms. The molecule has 4 aromatic heterocycles. The maximum atomic E-state index is 12.6. The van der Waals surface area contributed by atoms with E-state index >= 15 is 0 Å². The number of hydrogen-bond donors (Lipinski definition) is 0. The van der Waals surface area contributed by atoms with Crippen molar-refractivity contribution in [3.05, 3.63) is 87.6 Å². The molecule has 0 bridgehead atoms. The molecule has 0 atom stereocenters. The van der Waals surface area contributed by atoms with Gasteiger partial charge in [-0.25, -0.2) is 0 Å². The minimum absolute atomic E-state index is 0.208. The van der Waals surface area contributed by atoms with E-state index in [-0.39, 0.29) is 5.56 Å². The average Bonchev–Trinajstić information content (AvgIpc) is 3.41. The van der Waals surface area contributed by atoms with Gasteiger partial charge in [-0.05, 0) is 24.3 Å². The zero-order valence-electron chi connectivity index (χ0n) is 13.9. The van der Waals surface area contributed by atoms with Crippen LogP contribution in [0.3, 0.4) is 0 Å². The summed E-state index contributed by atoms with van der Waals surface area (Å²) in [5.74, 6) is 1.88. The van der Waals surface area contributed by atoms with Crippen LogP contribution in [0.2, 0.25) is 0 Å². The van der Waals surface area contributed by atoms with Gasteiger partial charge in [-0.3, -0.25) is 9.78 Å². The summed E-state index contributed by atoms with van der Waals surface area (Å²) in [5, 5.41) is 4.32. The van der Waals surface area contributed by atoms with Gasteiger partial charge in [0, 0.05) is 29.6 Å². The largest absolute Gasteiger partial charge is 0.457 e. The summed E-state index contributed by atoms with van der Waals surface area (Å²) in [5.41, 5.74) is 1.61. The highest BCUT2D eigenvalue weighted by atomic mass is 32.1. The first-order valence-corrected chi connectivity index (χ1v) is 9.06. The van der Waals surface area contributed by atoms with E-state index in [1.165, 1.54) is 15.9 Å². The monoisotopic (exact) mass is 372 g/mol. The lowest BCUT2D eigenvalue weighted by Gasteiger charge is -1.94. The van der Waals surface area contributed by atoms with Crippen LogP contribution in [0.1, 0.15) is 5.76 Å². The van der Waals surface area contributed by atoms with Gasteiger partial charge in [0.15, 0.2) is 5.82 Å². The van der Waals surface area contributed by atoms with E-state index in [4.69, 9.17) is 4.42 Å². The number of fused-ring (bicyclic) bond motifs is 1. The number of furan rings is 1. The normalized spacial score (nSPS) is 12.1. The highest BCUT2D eigenvalue weighted by Crippen LogP contribution is 2.22. The fourth-order valence-corrected chi connectivity index (χ4v) is 3.66. The van der Waals surface area contributed by atoms with E-state index in [0.717, 1.165) is 16.9 Å². The van der Waals surface area contributed by atoms with Crippen LogP contribution in [0.4, 0.5) is 0 Å². The second-order valence-corrected chi connectivity index (χ2v) is 6.86. The number of hydrogen-bond acceptors (Lipinski definition) is 6. The number of pyridine rings is 1. The summed E-state index contributed by atoms with van der Waals surface area (Å²) in [6.07, 6.45) is 5.06. The lowest BCUT2D eigenvalue weighted by molar-refractivity contribution is 0.571. The predicted octanol–water partition coefficient (Wildman–Crippen LogP) is 3.02. The molecule has 0 saturated heterocycles. The lowest BCUT2D eigenvalue weighted by Crippen LogP contribution is -2.23. The Morgan fingerprint density at radius 3 is 2.56 bits per heavy atom. The van der Waals surface area contributed by atoms with Crippen LogP contribution in [-0.2, 0) is 0 Å². The SMILES string of the molecule is O=c1c(=Cc2ccc(-c3ccccc3)o2)sc2nc(-c3ccncc3)nn12. The third kappa shape index (κ3) is 2.84. The standard InChI is InChI=1S/C20H12N4O2S/c25-19-17(12-15-6-7-16(26-15)13-4-2-1-3-5-13)27-20-22-18(23-24(19)20)14-8-10-21-11-9-14/h1-12H. The zero-order valence-corrected chi connectivity index (χ0v) is 14.8. The van der Waals surface area contributed by atoms with Crippen LogP contribution in [0, 0.1) is 0 Å². The third-order valence-electron chi connectivity index (χ3n) is 4.08. The molecule has 5 rings (SSSR count). The van der Waals surface area contributed by atoms with E-state index in [9.17, 15) is 4.79 Å². The molecule has 0 saturated carbocycles. The lowest BCUT2D eigenvalue weighted by atomic mass is 10.2. The van der Waals surface area contributed by atoms with Crippen LogP contribution < -0.4 is 10.1 Å². The fraction of sp³-hybridized carbons (Fsp3) is 0. The van der Waals surface area contributed by atoms with Crippen molar-refractivity contribution in [2.45, 2.75) is 0 Å². The minimum Gasteiger partial charge on any atom is -0.457 e. The van der Waals surface area contributed by atoms with Crippen molar-refractivity contribution >= 4 is 22.4 Å². The van der Waals surface area contributed by atoms with Gasteiger partial charge in [0.1, 0.15) is 16.1 Å². The number of aromatic nitrogens is 4. The van der Waals surface area contributed by atoms with Gasteiger partial charge in [0.05, 0.1) is 0 Å². The van der Waals surface area contributed by atoms with Crippen molar-refractivity contribution < 1.29 is 4.42 Å². The van der Waals surface area contributed by atoms with Crippen LogP contribution in [0.25, 0.3) is 33.7 Å². The number of nitrogens with zero attached hydrogens (tertiary/aromatic N) is 4. The average molecular weight is 372 g/mol. The maximum absolute atomic E-state index is 12.6. The number of thiazole rings is 1. The molecular formula is C20H12N4O2S. The molecule has 0 aliphatic carbocycles. The van der Waals surface area contributed by atoms with Crippen molar-refractivity contribution in [2.24, 2.45) is 0 Å². The first-order valence-electron chi connectivity index (χ1n) is 8.25. The summed E-state index contributed by atoms with van der Waals surface area (Å²) in [4.78, 5) is 21.6. The van der Waals surface area contributed by atoms with Crippen LogP contribution in [0.5, 0.6) is 0 Å². The first kappa shape index (κ1) is 15.7. The molecule has 5 aromatic rings. The van der Waals surface area contributed by atoms with Crippen LogP contribution >= 0.6 is 11.3 Å². The highest BCUT2D eigenvalue weighted by Gasteiger charge is 2.12. The molecule has 7 heteroatoms. The van der Waals surface area contributed by atoms with Gasteiger partial charge >= 0.3 is 0 Å². The quantitative estimate of drug-likeness (QED) is 0.487. The van der Waals surface area contributed by atoms with Crippen molar-refractivity contribution in [2.75, 3.05) is 0 Å². The molecule has 130 valence electrons. The summed E-state index contributed by atoms with van der Waals surface area (Å²) >= 11 is 1.28. The molecule has 0 radical (unpaired) electrons. The van der Waals surface area contributed by atoms with Gasteiger partial charge in [0.25, 0.3) is 5.56 Å².